The van der Waals surface area contributed by atoms with E-state index in [9.17, 15) is 8.42 Å². The van der Waals surface area contributed by atoms with Crippen LogP contribution in [-0.4, -0.2) is 25.3 Å². The topological polar surface area (TPSA) is 50.5 Å². The first-order valence-corrected chi connectivity index (χ1v) is 8.93. The first-order chi connectivity index (χ1) is 10.0. The molecule has 4 rings (SSSR count). The molecule has 0 amide bonds. The summed E-state index contributed by atoms with van der Waals surface area (Å²) in [6.45, 7) is 2.70. The molecular formula is C16H19NO3S. The molecule has 1 spiro atoms. The van der Waals surface area contributed by atoms with Crippen LogP contribution >= 0.6 is 0 Å². The molecule has 112 valence electrons. The highest BCUT2D eigenvalue weighted by Gasteiger charge is 2.49. The number of benzene rings is 1. The Balaban J connectivity index is 1.72. The SMILES string of the molecule is C[C@@H]1CC2(CCC2)CN1S(=O)(=O)c1ccc2ccoc2c1. The molecule has 1 aromatic carbocycles. The Hall–Kier alpha value is -1.33. The van der Waals surface area contributed by atoms with E-state index in [1.54, 1.807) is 22.7 Å². The fourth-order valence-corrected chi connectivity index (χ4v) is 5.63. The first kappa shape index (κ1) is 13.3. The van der Waals surface area contributed by atoms with Crippen LogP contribution in [-0.2, 0) is 10.0 Å². The Bertz CT molecular complexity index is 789. The van der Waals surface area contributed by atoms with Crippen LogP contribution in [0.1, 0.15) is 32.6 Å². The molecule has 2 heterocycles. The second-order valence-electron chi connectivity index (χ2n) is 6.58. The minimum Gasteiger partial charge on any atom is -0.464 e. The number of hydrogen-bond acceptors (Lipinski definition) is 3. The summed E-state index contributed by atoms with van der Waals surface area (Å²) in [5, 5.41) is 0.930. The van der Waals surface area contributed by atoms with Crippen LogP contribution in [0.3, 0.4) is 0 Å². The van der Waals surface area contributed by atoms with Gasteiger partial charge >= 0.3 is 0 Å². The number of nitrogens with zero attached hydrogens (tertiary/aromatic N) is 1. The van der Waals surface area contributed by atoms with Gasteiger partial charge in [0.1, 0.15) is 5.58 Å². The van der Waals surface area contributed by atoms with Gasteiger partial charge in [0, 0.05) is 24.0 Å². The number of fused-ring (bicyclic) bond motifs is 1. The molecule has 1 aliphatic heterocycles. The molecule has 1 aliphatic carbocycles. The third-order valence-corrected chi connectivity index (χ3v) is 7.12. The average Bonchev–Trinajstić information content (AvgIpc) is 3.01. The fourth-order valence-electron chi connectivity index (χ4n) is 3.87. The van der Waals surface area contributed by atoms with E-state index in [-0.39, 0.29) is 11.5 Å². The Morgan fingerprint density at radius 3 is 2.76 bits per heavy atom. The average molecular weight is 305 g/mol. The molecule has 5 heteroatoms. The van der Waals surface area contributed by atoms with Crippen LogP contribution < -0.4 is 0 Å². The zero-order valence-electron chi connectivity index (χ0n) is 12.1. The van der Waals surface area contributed by atoms with E-state index >= 15 is 0 Å². The van der Waals surface area contributed by atoms with Gasteiger partial charge in [0.2, 0.25) is 10.0 Å². The normalized spacial score (nSPS) is 25.5. The summed E-state index contributed by atoms with van der Waals surface area (Å²) in [4.78, 5) is 0.341. The molecule has 2 aromatic rings. The van der Waals surface area contributed by atoms with Gasteiger partial charge in [0.05, 0.1) is 11.2 Å². The monoisotopic (exact) mass is 305 g/mol. The minimum atomic E-state index is -3.43. The van der Waals surface area contributed by atoms with Crippen LogP contribution in [0.25, 0.3) is 11.0 Å². The molecular weight excluding hydrogens is 286 g/mol. The van der Waals surface area contributed by atoms with E-state index in [1.165, 1.54) is 19.3 Å². The Kier molecular flexibility index (Phi) is 2.75. The third-order valence-electron chi connectivity index (χ3n) is 5.16. The molecule has 21 heavy (non-hydrogen) atoms. The van der Waals surface area contributed by atoms with E-state index in [0.717, 1.165) is 11.8 Å². The van der Waals surface area contributed by atoms with Gasteiger partial charge in [-0.1, -0.05) is 6.42 Å². The maximum absolute atomic E-state index is 12.9. The van der Waals surface area contributed by atoms with Crippen LogP contribution in [0, 0.1) is 5.41 Å². The van der Waals surface area contributed by atoms with Crippen molar-refractivity contribution in [1.82, 2.24) is 4.31 Å². The van der Waals surface area contributed by atoms with Gasteiger partial charge in [-0.2, -0.15) is 4.31 Å². The van der Waals surface area contributed by atoms with Crippen molar-refractivity contribution in [1.29, 1.82) is 0 Å². The van der Waals surface area contributed by atoms with Crippen molar-refractivity contribution in [3.63, 3.8) is 0 Å². The quantitative estimate of drug-likeness (QED) is 0.854. The summed E-state index contributed by atoms with van der Waals surface area (Å²) in [5.41, 5.74) is 0.877. The second-order valence-corrected chi connectivity index (χ2v) is 8.47. The van der Waals surface area contributed by atoms with Crippen molar-refractivity contribution in [3.05, 3.63) is 30.5 Å². The van der Waals surface area contributed by atoms with Crippen molar-refractivity contribution >= 4 is 21.0 Å². The van der Waals surface area contributed by atoms with E-state index in [0.29, 0.717) is 17.0 Å². The van der Waals surface area contributed by atoms with Crippen molar-refractivity contribution < 1.29 is 12.8 Å². The highest BCUT2D eigenvalue weighted by molar-refractivity contribution is 7.89. The molecule has 0 unspecified atom stereocenters. The first-order valence-electron chi connectivity index (χ1n) is 7.49. The smallest absolute Gasteiger partial charge is 0.243 e. The van der Waals surface area contributed by atoms with Crippen molar-refractivity contribution in [2.45, 2.75) is 43.5 Å². The molecule has 2 fully saturated rings. The van der Waals surface area contributed by atoms with Crippen LogP contribution in [0.2, 0.25) is 0 Å². The maximum Gasteiger partial charge on any atom is 0.243 e. The summed E-state index contributed by atoms with van der Waals surface area (Å²) >= 11 is 0. The lowest BCUT2D eigenvalue weighted by Crippen LogP contribution is -2.37. The summed E-state index contributed by atoms with van der Waals surface area (Å²) < 4.78 is 32.9. The highest BCUT2D eigenvalue weighted by atomic mass is 32.2. The van der Waals surface area contributed by atoms with Crippen molar-refractivity contribution in [2.75, 3.05) is 6.54 Å². The van der Waals surface area contributed by atoms with E-state index in [4.69, 9.17) is 4.42 Å². The van der Waals surface area contributed by atoms with Gasteiger partial charge in [-0.05, 0) is 49.8 Å². The Morgan fingerprint density at radius 1 is 1.29 bits per heavy atom. The Morgan fingerprint density at radius 2 is 2.10 bits per heavy atom. The summed E-state index contributed by atoms with van der Waals surface area (Å²) in [7, 11) is -3.43. The predicted octanol–water partition coefficient (Wildman–Crippen LogP) is 3.39. The van der Waals surface area contributed by atoms with Gasteiger partial charge in [0.25, 0.3) is 0 Å². The van der Waals surface area contributed by atoms with Crippen LogP contribution in [0.4, 0.5) is 0 Å². The third kappa shape index (κ3) is 1.94. The van der Waals surface area contributed by atoms with Crippen molar-refractivity contribution in [3.8, 4) is 0 Å². The Labute approximate surface area is 124 Å². The van der Waals surface area contributed by atoms with Gasteiger partial charge in [-0.15, -0.1) is 0 Å². The lowest BCUT2D eigenvalue weighted by atomic mass is 9.68. The zero-order chi connectivity index (χ0) is 14.7. The molecule has 2 aliphatic rings. The van der Waals surface area contributed by atoms with Gasteiger partial charge in [-0.25, -0.2) is 8.42 Å². The molecule has 1 saturated heterocycles. The largest absolute Gasteiger partial charge is 0.464 e. The van der Waals surface area contributed by atoms with E-state index in [1.807, 2.05) is 19.1 Å². The number of hydrogen-bond donors (Lipinski definition) is 0. The maximum atomic E-state index is 12.9. The summed E-state index contributed by atoms with van der Waals surface area (Å²) in [6.07, 6.45) is 6.15. The highest BCUT2D eigenvalue weighted by Crippen LogP contribution is 2.51. The molecule has 0 N–H and O–H groups in total. The molecule has 0 bridgehead atoms. The number of rotatable bonds is 2. The van der Waals surface area contributed by atoms with E-state index in [2.05, 4.69) is 0 Å². The van der Waals surface area contributed by atoms with Crippen LogP contribution in [0.5, 0.6) is 0 Å². The minimum absolute atomic E-state index is 0.0857. The molecule has 1 atom stereocenters. The zero-order valence-corrected chi connectivity index (χ0v) is 12.9. The molecule has 0 radical (unpaired) electrons. The lowest BCUT2D eigenvalue weighted by molar-refractivity contribution is 0.152. The van der Waals surface area contributed by atoms with Gasteiger partial charge < -0.3 is 4.42 Å². The number of sulfonamides is 1. The molecule has 1 aromatic heterocycles. The second kappa shape index (κ2) is 4.34. The molecule has 4 nitrogen and oxygen atoms in total. The van der Waals surface area contributed by atoms with Gasteiger partial charge in [-0.3, -0.25) is 0 Å². The fraction of sp³-hybridized carbons (Fsp3) is 0.500. The predicted molar refractivity (Wildman–Crippen MR) is 80.5 cm³/mol. The molecule has 1 saturated carbocycles. The lowest BCUT2D eigenvalue weighted by Gasteiger charge is -2.38. The van der Waals surface area contributed by atoms with Crippen LogP contribution in [0.15, 0.2) is 39.8 Å². The van der Waals surface area contributed by atoms with E-state index < -0.39 is 10.0 Å². The van der Waals surface area contributed by atoms with Crippen molar-refractivity contribution in [2.24, 2.45) is 5.41 Å². The summed E-state index contributed by atoms with van der Waals surface area (Å²) in [5.74, 6) is 0. The standard InChI is InChI=1S/C16H19NO3S/c1-12-10-16(6-2-7-16)11-17(12)21(18,19)14-4-3-13-5-8-20-15(13)9-14/h3-5,8-9,12H,2,6-7,10-11H2,1H3/t12-/m1/s1. The van der Waals surface area contributed by atoms with Gasteiger partial charge in [0.15, 0.2) is 0 Å². The number of furan rings is 1. The summed E-state index contributed by atoms with van der Waals surface area (Å²) in [6, 6.07) is 7.07.